The summed E-state index contributed by atoms with van der Waals surface area (Å²) in [7, 11) is 0. The van der Waals surface area contributed by atoms with E-state index in [1.165, 1.54) is 6.07 Å². The first-order valence-corrected chi connectivity index (χ1v) is 3.98. The van der Waals surface area contributed by atoms with Crippen molar-refractivity contribution in [2.45, 2.75) is 12.5 Å². The molecule has 0 aliphatic carbocycles. The van der Waals surface area contributed by atoms with Gasteiger partial charge in [0.1, 0.15) is 0 Å². The summed E-state index contributed by atoms with van der Waals surface area (Å²) in [6, 6.07) is 3.32. The fourth-order valence-corrected chi connectivity index (χ4v) is 1.04. The Hall–Kier alpha value is -1.00. The van der Waals surface area contributed by atoms with Gasteiger partial charge in [0.25, 0.3) is 0 Å². The monoisotopic (exact) mass is 187 g/mol. The molecule has 0 amide bonds. The molecule has 0 bridgehead atoms. The zero-order valence-corrected chi connectivity index (χ0v) is 7.00. The van der Waals surface area contributed by atoms with Gasteiger partial charge in [-0.25, -0.2) is 8.78 Å². The molecule has 3 N–H and O–H groups in total. The highest BCUT2D eigenvalue weighted by Gasteiger charge is 2.09. The molecule has 72 valence electrons. The summed E-state index contributed by atoms with van der Waals surface area (Å²) in [6.07, 6.45) is -0.481. The molecule has 0 aromatic heterocycles. The molecule has 0 spiro atoms. The fourth-order valence-electron chi connectivity index (χ4n) is 1.04. The summed E-state index contributed by atoms with van der Waals surface area (Å²) >= 11 is 0. The molecule has 0 saturated carbocycles. The van der Waals surface area contributed by atoms with Crippen molar-refractivity contribution in [1.29, 1.82) is 0 Å². The molecular weight excluding hydrogens is 176 g/mol. The summed E-state index contributed by atoms with van der Waals surface area (Å²) in [6.45, 7) is 0.306. The number of nitrogens with two attached hydrogens (primary N) is 1. The van der Waals surface area contributed by atoms with Gasteiger partial charge in [-0.15, -0.1) is 0 Å². The number of benzene rings is 1. The second-order valence-corrected chi connectivity index (χ2v) is 2.77. The predicted molar refractivity (Wildman–Crippen MR) is 45.0 cm³/mol. The summed E-state index contributed by atoms with van der Waals surface area (Å²) in [5, 5.41) is 9.37. The lowest BCUT2D eigenvalue weighted by Crippen LogP contribution is -2.07. The molecule has 1 rings (SSSR count). The molecular formula is C9H11F2NO. The lowest BCUT2D eigenvalue weighted by Gasteiger charge is -2.09. The molecule has 2 nitrogen and oxygen atoms in total. The Bertz CT molecular complexity index is 291. The SMILES string of the molecule is NCCC(O)c1ccc(F)c(F)c1. The molecule has 1 atom stereocenters. The van der Waals surface area contributed by atoms with E-state index in [-0.39, 0.29) is 0 Å². The Labute approximate surface area is 75.0 Å². The maximum Gasteiger partial charge on any atom is 0.159 e. The van der Waals surface area contributed by atoms with Crippen LogP contribution in [0.3, 0.4) is 0 Å². The lowest BCUT2D eigenvalue weighted by atomic mass is 10.1. The second-order valence-electron chi connectivity index (χ2n) is 2.77. The Kier molecular flexibility index (Phi) is 3.33. The molecule has 1 aromatic carbocycles. The molecule has 4 heteroatoms. The maximum atomic E-state index is 12.7. The number of hydrogen-bond acceptors (Lipinski definition) is 2. The highest BCUT2D eigenvalue weighted by Crippen LogP contribution is 2.18. The lowest BCUT2D eigenvalue weighted by molar-refractivity contribution is 0.169. The number of aliphatic hydroxyl groups excluding tert-OH is 1. The van der Waals surface area contributed by atoms with Gasteiger partial charge in [0.05, 0.1) is 6.10 Å². The summed E-state index contributed by atoms with van der Waals surface area (Å²) in [5.41, 5.74) is 5.56. The van der Waals surface area contributed by atoms with E-state index in [9.17, 15) is 13.9 Å². The van der Waals surface area contributed by atoms with Crippen LogP contribution in [-0.4, -0.2) is 11.7 Å². The summed E-state index contributed by atoms with van der Waals surface area (Å²) in [4.78, 5) is 0. The minimum Gasteiger partial charge on any atom is -0.388 e. The van der Waals surface area contributed by atoms with Gasteiger partial charge in [-0.05, 0) is 30.7 Å². The first-order valence-electron chi connectivity index (χ1n) is 3.98. The molecule has 1 aromatic rings. The third-order valence-corrected chi connectivity index (χ3v) is 1.77. The third-order valence-electron chi connectivity index (χ3n) is 1.77. The summed E-state index contributed by atoms with van der Waals surface area (Å²) in [5.74, 6) is -1.86. The van der Waals surface area contributed by atoms with Gasteiger partial charge in [0.2, 0.25) is 0 Å². The maximum absolute atomic E-state index is 12.7. The van der Waals surface area contributed by atoms with E-state index in [0.29, 0.717) is 18.5 Å². The van der Waals surface area contributed by atoms with Crippen molar-refractivity contribution in [3.63, 3.8) is 0 Å². The Morgan fingerprint density at radius 2 is 2.00 bits per heavy atom. The van der Waals surface area contributed by atoms with E-state index >= 15 is 0 Å². The van der Waals surface area contributed by atoms with Crippen LogP contribution in [0.15, 0.2) is 18.2 Å². The zero-order chi connectivity index (χ0) is 9.84. The first kappa shape index (κ1) is 10.1. The van der Waals surface area contributed by atoms with Crippen molar-refractivity contribution >= 4 is 0 Å². The van der Waals surface area contributed by atoms with E-state index < -0.39 is 17.7 Å². The van der Waals surface area contributed by atoms with Crippen LogP contribution in [0.2, 0.25) is 0 Å². The van der Waals surface area contributed by atoms with Crippen LogP contribution in [0.5, 0.6) is 0 Å². The van der Waals surface area contributed by atoms with Crippen LogP contribution in [0.25, 0.3) is 0 Å². The van der Waals surface area contributed by atoms with Crippen LogP contribution in [0, 0.1) is 11.6 Å². The van der Waals surface area contributed by atoms with Crippen molar-refractivity contribution in [3.05, 3.63) is 35.4 Å². The van der Waals surface area contributed by atoms with Crippen molar-refractivity contribution in [2.24, 2.45) is 5.73 Å². The van der Waals surface area contributed by atoms with Crippen LogP contribution in [-0.2, 0) is 0 Å². The summed E-state index contributed by atoms with van der Waals surface area (Å²) < 4.78 is 25.1. The molecule has 13 heavy (non-hydrogen) atoms. The largest absolute Gasteiger partial charge is 0.388 e. The highest BCUT2D eigenvalue weighted by molar-refractivity contribution is 5.19. The highest BCUT2D eigenvalue weighted by atomic mass is 19.2. The van der Waals surface area contributed by atoms with Gasteiger partial charge in [0, 0.05) is 0 Å². The van der Waals surface area contributed by atoms with E-state index in [4.69, 9.17) is 5.73 Å². The molecule has 0 heterocycles. The second kappa shape index (κ2) is 4.30. The van der Waals surface area contributed by atoms with Crippen molar-refractivity contribution in [2.75, 3.05) is 6.54 Å². The Balaban J connectivity index is 2.84. The minimum absolute atomic E-state index is 0.306. The van der Waals surface area contributed by atoms with Gasteiger partial charge in [-0.3, -0.25) is 0 Å². The van der Waals surface area contributed by atoms with Gasteiger partial charge in [-0.1, -0.05) is 6.07 Å². The molecule has 0 saturated heterocycles. The number of aliphatic hydroxyl groups is 1. The molecule has 1 unspecified atom stereocenters. The average molecular weight is 187 g/mol. The smallest absolute Gasteiger partial charge is 0.159 e. The Morgan fingerprint density at radius 3 is 2.54 bits per heavy atom. The van der Waals surface area contributed by atoms with E-state index in [1.54, 1.807) is 0 Å². The molecule has 0 aliphatic rings. The van der Waals surface area contributed by atoms with Gasteiger partial charge in [-0.2, -0.15) is 0 Å². The van der Waals surface area contributed by atoms with E-state index in [2.05, 4.69) is 0 Å². The van der Waals surface area contributed by atoms with Crippen LogP contribution < -0.4 is 5.73 Å². The average Bonchev–Trinajstić information content (AvgIpc) is 2.10. The van der Waals surface area contributed by atoms with E-state index in [0.717, 1.165) is 12.1 Å². The number of hydrogen-bond donors (Lipinski definition) is 2. The third kappa shape index (κ3) is 2.47. The predicted octanol–water partition coefficient (Wildman–Crippen LogP) is 1.35. The van der Waals surface area contributed by atoms with E-state index in [1.807, 2.05) is 0 Å². The number of halogens is 2. The number of rotatable bonds is 3. The minimum atomic E-state index is -0.950. The van der Waals surface area contributed by atoms with Crippen molar-refractivity contribution < 1.29 is 13.9 Å². The van der Waals surface area contributed by atoms with Crippen molar-refractivity contribution in [3.8, 4) is 0 Å². The van der Waals surface area contributed by atoms with Gasteiger partial charge >= 0.3 is 0 Å². The van der Waals surface area contributed by atoms with Crippen LogP contribution in [0.1, 0.15) is 18.1 Å². The first-order chi connectivity index (χ1) is 6.15. The molecule has 0 fully saturated rings. The van der Waals surface area contributed by atoms with Crippen LogP contribution >= 0.6 is 0 Å². The fraction of sp³-hybridized carbons (Fsp3) is 0.333. The standard InChI is InChI=1S/C9H11F2NO/c10-7-2-1-6(5-8(7)11)9(13)3-4-12/h1-2,5,9,13H,3-4,12H2. The Morgan fingerprint density at radius 1 is 1.31 bits per heavy atom. The molecule has 0 radical (unpaired) electrons. The van der Waals surface area contributed by atoms with Crippen molar-refractivity contribution in [1.82, 2.24) is 0 Å². The topological polar surface area (TPSA) is 46.2 Å². The molecule has 0 aliphatic heterocycles. The van der Waals surface area contributed by atoms with Gasteiger partial charge in [0.15, 0.2) is 11.6 Å². The van der Waals surface area contributed by atoms with Crippen LogP contribution in [0.4, 0.5) is 8.78 Å². The quantitative estimate of drug-likeness (QED) is 0.750. The normalized spacial score (nSPS) is 12.9. The van der Waals surface area contributed by atoms with Gasteiger partial charge < -0.3 is 10.8 Å². The zero-order valence-electron chi connectivity index (χ0n) is 7.00.